The van der Waals surface area contributed by atoms with Crippen molar-refractivity contribution in [2.24, 2.45) is 0 Å². The van der Waals surface area contributed by atoms with E-state index in [0.29, 0.717) is 0 Å². The SMILES string of the molecule is C=CC(C)NC(=O)c1ccc(Cl)c([N+](=O)[O-])c1. The van der Waals surface area contributed by atoms with Crippen molar-refractivity contribution >= 4 is 23.2 Å². The molecule has 1 aromatic carbocycles. The van der Waals surface area contributed by atoms with Crippen LogP contribution in [0.15, 0.2) is 30.9 Å². The quantitative estimate of drug-likeness (QED) is 0.510. The van der Waals surface area contributed by atoms with E-state index in [-0.39, 0.29) is 22.3 Å². The van der Waals surface area contributed by atoms with E-state index in [1.807, 2.05) is 0 Å². The Morgan fingerprint density at radius 1 is 1.65 bits per heavy atom. The van der Waals surface area contributed by atoms with Gasteiger partial charge in [0.05, 0.1) is 4.92 Å². The third-order valence-electron chi connectivity index (χ3n) is 2.12. The summed E-state index contributed by atoms with van der Waals surface area (Å²) in [5.41, 5.74) is -0.0969. The molecule has 1 N–H and O–H groups in total. The van der Waals surface area contributed by atoms with Crippen molar-refractivity contribution in [1.29, 1.82) is 0 Å². The van der Waals surface area contributed by atoms with Gasteiger partial charge in [-0.05, 0) is 19.1 Å². The predicted octanol–water partition coefficient (Wildman–Crippen LogP) is 2.55. The number of benzene rings is 1. The van der Waals surface area contributed by atoms with Crippen LogP contribution in [0.4, 0.5) is 5.69 Å². The Kier molecular flexibility index (Phi) is 4.23. The van der Waals surface area contributed by atoms with E-state index in [0.717, 1.165) is 6.07 Å². The van der Waals surface area contributed by atoms with E-state index in [2.05, 4.69) is 11.9 Å². The van der Waals surface area contributed by atoms with Crippen molar-refractivity contribution in [2.75, 3.05) is 0 Å². The molecule has 1 aromatic rings. The highest BCUT2D eigenvalue weighted by Crippen LogP contribution is 2.24. The summed E-state index contributed by atoms with van der Waals surface area (Å²) in [4.78, 5) is 21.7. The first kappa shape index (κ1) is 13.2. The van der Waals surface area contributed by atoms with E-state index >= 15 is 0 Å². The highest BCUT2D eigenvalue weighted by molar-refractivity contribution is 6.32. The first-order valence-corrected chi connectivity index (χ1v) is 5.21. The third kappa shape index (κ3) is 3.29. The molecule has 5 nitrogen and oxygen atoms in total. The van der Waals surface area contributed by atoms with E-state index in [1.54, 1.807) is 13.0 Å². The maximum absolute atomic E-state index is 11.7. The minimum absolute atomic E-state index is 0.00307. The fourth-order valence-corrected chi connectivity index (χ4v) is 1.33. The Labute approximate surface area is 103 Å². The molecule has 0 aliphatic rings. The van der Waals surface area contributed by atoms with Crippen molar-refractivity contribution in [2.45, 2.75) is 13.0 Å². The number of hydrogen-bond acceptors (Lipinski definition) is 3. The minimum Gasteiger partial charge on any atom is -0.346 e. The van der Waals surface area contributed by atoms with Crippen LogP contribution in [0, 0.1) is 10.1 Å². The average molecular weight is 255 g/mol. The van der Waals surface area contributed by atoms with Gasteiger partial charge in [-0.2, -0.15) is 0 Å². The summed E-state index contributed by atoms with van der Waals surface area (Å²) in [6, 6.07) is 3.69. The van der Waals surface area contributed by atoms with Crippen LogP contribution in [-0.4, -0.2) is 16.9 Å². The summed E-state index contributed by atoms with van der Waals surface area (Å²) in [6.07, 6.45) is 1.56. The monoisotopic (exact) mass is 254 g/mol. The van der Waals surface area contributed by atoms with E-state index in [9.17, 15) is 14.9 Å². The molecule has 0 saturated carbocycles. The molecule has 1 atom stereocenters. The van der Waals surface area contributed by atoms with Crippen LogP contribution in [0.1, 0.15) is 17.3 Å². The molecule has 0 radical (unpaired) electrons. The first-order valence-electron chi connectivity index (χ1n) is 4.83. The smallest absolute Gasteiger partial charge is 0.288 e. The maximum atomic E-state index is 11.7. The zero-order valence-corrected chi connectivity index (χ0v) is 9.90. The van der Waals surface area contributed by atoms with Gasteiger partial charge in [0.25, 0.3) is 11.6 Å². The fourth-order valence-electron chi connectivity index (χ4n) is 1.14. The Morgan fingerprint density at radius 2 is 2.29 bits per heavy atom. The van der Waals surface area contributed by atoms with Gasteiger partial charge in [-0.1, -0.05) is 17.7 Å². The largest absolute Gasteiger partial charge is 0.346 e. The van der Waals surface area contributed by atoms with Crippen LogP contribution < -0.4 is 5.32 Å². The van der Waals surface area contributed by atoms with Crippen LogP contribution in [-0.2, 0) is 0 Å². The molecule has 0 saturated heterocycles. The van der Waals surface area contributed by atoms with E-state index in [4.69, 9.17) is 11.6 Å². The molecule has 1 rings (SSSR count). The molecule has 0 spiro atoms. The molecule has 0 aromatic heterocycles. The van der Waals surface area contributed by atoms with Gasteiger partial charge >= 0.3 is 0 Å². The van der Waals surface area contributed by atoms with Gasteiger partial charge in [-0.15, -0.1) is 6.58 Å². The summed E-state index contributed by atoms with van der Waals surface area (Å²) in [6.45, 7) is 5.27. The fraction of sp³-hybridized carbons (Fsp3) is 0.182. The molecule has 0 bridgehead atoms. The van der Waals surface area contributed by atoms with Crippen molar-refractivity contribution in [3.8, 4) is 0 Å². The molecule has 1 unspecified atom stereocenters. The summed E-state index contributed by atoms with van der Waals surface area (Å²) >= 11 is 5.64. The molecular weight excluding hydrogens is 244 g/mol. The lowest BCUT2D eigenvalue weighted by atomic mass is 10.1. The number of nitrogens with one attached hydrogen (secondary N) is 1. The second-order valence-corrected chi connectivity index (χ2v) is 3.83. The van der Waals surface area contributed by atoms with Crippen molar-refractivity contribution < 1.29 is 9.72 Å². The predicted molar refractivity (Wildman–Crippen MR) is 65.2 cm³/mol. The maximum Gasteiger partial charge on any atom is 0.288 e. The molecule has 0 heterocycles. The molecule has 1 amide bonds. The van der Waals surface area contributed by atoms with Gasteiger partial charge < -0.3 is 5.32 Å². The lowest BCUT2D eigenvalue weighted by Crippen LogP contribution is -2.30. The van der Waals surface area contributed by atoms with Crippen LogP contribution in [0.25, 0.3) is 0 Å². The lowest BCUT2D eigenvalue weighted by Gasteiger charge is -2.09. The third-order valence-corrected chi connectivity index (χ3v) is 2.44. The molecule has 90 valence electrons. The molecule has 0 aliphatic carbocycles. The number of nitrogens with zero attached hydrogens (tertiary/aromatic N) is 1. The number of carbonyl (C=O) groups excluding carboxylic acids is 1. The topological polar surface area (TPSA) is 72.2 Å². The number of carbonyl (C=O) groups is 1. The summed E-state index contributed by atoms with van der Waals surface area (Å²) in [7, 11) is 0. The Bertz CT molecular complexity index is 474. The molecule has 0 aliphatic heterocycles. The van der Waals surface area contributed by atoms with Gasteiger partial charge in [-0.3, -0.25) is 14.9 Å². The number of amides is 1. The van der Waals surface area contributed by atoms with Crippen molar-refractivity contribution in [1.82, 2.24) is 5.32 Å². The van der Waals surface area contributed by atoms with Gasteiger partial charge in [0.1, 0.15) is 5.02 Å². The van der Waals surface area contributed by atoms with E-state index < -0.39 is 10.8 Å². The lowest BCUT2D eigenvalue weighted by molar-refractivity contribution is -0.384. The van der Waals surface area contributed by atoms with Gasteiger partial charge in [0.2, 0.25) is 0 Å². The van der Waals surface area contributed by atoms with Gasteiger partial charge in [0, 0.05) is 17.7 Å². The minimum atomic E-state index is -0.629. The molecule has 17 heavy (non-hydrogen) atoms. The standard InChI is InChI=1S/C11H11ClN2O3/c1-3-7(2)13-11(15)8-4-5-9(12)10(6-8)14(16)17/h3-7H,1H2,2H3,(H,13,15). The Hall–Kier alpha value is -1.88. The first-order chi connectivity index (χ1) is 7.95. The second kappa shape index (κ2) is 5.45. The van der Waals surface area contributed by atoms with Gasteiger partial charge in [0.15, 0.2) is 0 Å². The zero-order valence-electron chi connectivity index (χ0n) is 9.14. The zero-order chi connectivity index (χ0) is 13.0. The number of rotatable bonds is 4. The summed E-state index contributed by atoms with van der Waals surface area (Å²) in [5.74, 6) is -0.405. The molecular formula is C11H11ClN2O3. The Balaban J connectivity index is 2.99. The summed E-state index contributed by atoms with van der Waals surface area (Å²) < 4.78 is 0. The van der Waals surface area contributed by atoms with Crippen LogP contribution >= 0.6 is 11.6 Å². The molecule has 6 heteroatoms. The number of nitro benzene ring substituents is 1. The highest BCUT2D eigenvalue weighted by atomic mass is 35.5. The Morgan fingerprint density at radius 3 is 2.82 bits per heavy atom. The van der Waals surface area contributed by atoms with Crippen LogP contribution in [0.2, 0.25) is 5.02 Å². The second-order valence-electron chi connectivity index (χ2n) is 3.42. The highest BCUT2D eigenvalue weighted by Gasteiger charge is 2.16. The normalized spacial score (nSPS) is 11.6. The molecule has 0 fully saturated rings. The van der Waals surface area contributed by atoms with Crippen LogP contribution in [0.5, 0.6) is 0 Å². The number of hydrogen-bond donors (Lipinski definition) is 1. The van der Waals surface area contributed by atoms with Crippen LogP contribution in [0.3, 0.4) is 0 Å². The number of halogens is 1. The van der Waals surface area contributed by atoms with Crippen molar-refractivity contribution in [3.63, 3.8) is 0 Å². The van der Waals surface area contributed by atoms with Gasteiger partial charge in [-0.25, -0.2) is 0 Å². The van der Waals surface area contributed by atoms with E-state index in [1.165, 1.54) is 12.1 Å². The average Bonchev–Trinajstić information content (AvgIpc) is 2.28. The van der Waals surface area contributed by atoms with Crippen molar-refractivity contribution in [3.05, 3.63) is 51.6 Å². The summed E-state index contributed by atoms with van der Waals surface area (Å²) in [5, 5.41) is 13.3. The number of nitro groups is 1.